The minimum Gasteiger partial charge on any atom is -0.497 e. The summed E-state index contributed by atoms with van der Waals surface area (Å²) >= 11 is 0. The number of benzene rings is 1. The van der Waals surface area contributed by atoms with Gasteiger partial charge in [0.2, 0.25) is 0 Å². The predicted molar refractivity (Wildman–Crippen MR) is 61.7 cm³/mol. The maximum absolute atomic E-state index is 11.4. The summed E-state index contributed by atoms with van der Waals surface area (Å²) in [5, 5.41) is 14.0. The first kappa shape index (κ1) is 12.3. The van der Waals surface area contributed by atoms with Crippen LogP contribution in [0.25, 0.3) is 0 Å². The van der Waals surface area contributed by atoms with E-state index in [1.54, 1.807) is 38.3 Å². The lowest BCUT2D eigenvalue weighted by molar-refractivity contribution is 0.229. The lowest BCUT2D eigenvalue weighted by Crippen LogP contribution is -2.38. The third-order valence-electron chi connectivity index (χ3n) is 1.98. The van der Waals surface area contributed by atoms with Crippen LogP contribution in [0, 0.1) is 0 Å². The zero-order valence-electron chi connectivity index (χ0n) is 9.36. The molecule has 0 aliphatic rings. The van der Waals surface area contributed by atoms with Gasteiger partial charge in [0.1, 0.15) is 5.75 Å². The first-order valence-electron chi connectivity index (χ1n) is 4.98. The van der Waals surface area contributed by atoms with Crippen molar-refractivity contribution in [2.45, 2.75) is 13.0 Å². The number of aliphatic hydroxyl groups excluding tert-OH is 1. The molecule has 0 heterocycles. The van der Waals surface area contributed by atoms with Crippen molar-refractivity contribution in [3.05, 3.63) is 24.3 Å². The number of hydrogen-bond acceptors (Lipinski definition) is 3. The van der Waals surface area contributed by atoms with Gasteiger partial charge < -0.3 is 20.5 Å². The molecular weight excluding hydrogens is 208 g/mol. The van der Waals surface area contributed by atoms with E-state index in [4.69, 9.17) is 9.84 Å². The molecule has 0 fully saturated rings. The van der Waals surface area contributed by atoms with E-state index in [1.807, 2.05) is 0 Å². The monoisotopic (exact) mass is 224 g/mol. The van der Waals surface area contributed by atoms with Crippen LogP contribution in [0.2, 0.25) is 0 Å². The molecule has 2 amide bonds. The first-order chi connectivity index (χ1) is 7.65. The van der Waals surface area contributed by atoms with Gasteiger partial charge in [0.05, 0.1) is 19.8 Å². The topological polar surface area (TPSA) is 70.6 Å². The maximum atomic E-state index is 11.4. The molecule has 5 nitrogen and oxygen atoms in total. The lowest BCUT2D eigenvalue weighted by Gasteiger charge is -2.12. The van der Waals surface area contributed by atoms with Gasteiger partial charge in [-0.1, -0.05) is 6.07 Å². The highest BCUT2D eigenvalue weighted by Gasteiger charge is 2.06. The predicted octanol–water partition coefficient (Wildman–Crippen LogP) is 1.20. The molecule has 0 radical (unpaired) electrons. The second-order valence-corrected chi connectivity index (χ2v) is 3.41. The standard InChI is InChI=1S/C11H16N2O3/c1-8(7-14)12-11(15)13-9-4-3-5-10(6-9)16-2/h3-6,8,14H,7H2,1-2H3,(H2,12,13,15)/t8-/m0/s1. The largest absolute Gasteiger partial charge is 0.497 e. The molecule has 1 aromatic rings. The van der Waals surface area contributed by atoms with Crippen molar-refractivity contribution in [2.75, 3.05) is 19.0 Å². The Morgan fingerprint density at radius 1 is 1.56 bits per heavy atom. The molecule has 0 saturated carbocycles. The number of rotatable bonds is 4. The average molecular weight is 224 g/mol. The fourth-order valence-corrected chi connectivity index (χ4v) is 1.14. The zero-order valence-corrected chi connectivity index (χ0v) is 9.36. The molecule has 0 unspecified atom stereocenters. The van der Waals surface area contributed by atoms with Crippen molar-refractivity contribution in [3.8, 4) is 5.75 Å². The van der Waals surface area contributed by atoms with Gasteiger partial charge in [-0.15, -0.1) is 0 Å². The number of ether oxygens (including phenoxy) is 1. The summed E-state index contributed by atoms with van der Waals surface area (Å²) < 4.78 is 5.03. The van der Waals surface area contributed by atoms with Crippen LogP contribution in [0.4, 0.5) is 10.5 Å². The van der Waals surface area contributed by atoms with Gasteiger partial charge in [0.25, 0.3) is 0 Å². The van der Waals surface area contributed by atoms with Crippen molar-refractivity contribution in [1.29, 1.82) is 0 Å². The number of aliphatic hydroxyl groups is 1. The highest BCUT2D eigenvalue weighted by Crippen LogP contribution is 2.16. The van der Waals surface area contributed by atoms with Crippen LogP contribution in [0.5, 0.6) is 5.75 Å². The van der Waals surface area contributed by atoms with E-state index >= 15 is 0 Å². The Morgan fingerprint density at radius 2 is 2.31 bits per heavy atom. The summed E-state index contributed by atoms with van der Waals surface area (Å²) in [6.45, 7) is 1.62. The second-order valence-electron chi connectivity index (χ2n) is 3.41. The van der Waals surface area contributed by atoms with Crippen molar-refractivity contribution in [2.24, 2.45) is 0 Å². The van der Waals surface area contributed by atoms with Crippen LogP contribution in [0.15, 0.2) is 24.3 Å². The molecule has 0 spiro atoms. The van der Waals surface area contributed by atoms with Crippen molar-refractivity contribution in [3.63, 3.8) is 0 Å². The molecule has 3 N–H and O–H groups in total. The summed E-state index contributed by atoms with van der Waals surface area (Å²) in [6.07, 6.45) is 0. The summed E-state index contributed by atoms with van der Waals surface area (Å²) in [6, 6.07) is 6.42. The summed E-state index contributed by atoms with van der Waals surface area (Å²) in [4.78, 5) is 11.4. The molecule has 1 rings (SSSR count). The Balaban J connectivity index is 2.55. The number of anilines is 1. The van der Waals surface area contributed by atoms with Gasteiger partial charge in [-0.3, -0.25) is 0 Å². The molecule has 0 aromatic heterocycles. The van der Waals surface area contributed by atoms with Gasteiger partial charge in [-0.05, 0) is 19.1 Å². The van der Waals surface area contributed by atoms with Gasteiger partial charge >= 0.3 is 6.03 Å². The maximum Gasteiger partial charge on any atom is 0.319 e. The molecule has 1 aromatic carbocycles. The zero-order chi connectivity index (χ0) is 12.0. The van der Waals surface area contributed by atoms with E-state index in [1.165, 1.54) is 0 Å². The number of nitrogens with one attached hydrogen (secondary N) is 2. The molecule has 0 saturated heterocycles. The normalized spacial score (nSPS) is 11.7. The number of carbonyl (C=O) groups is 1. The third-order valence-corrected chi connectivity index (χ3v) is 1.98. The first-order valence-corrected chi connectivity index (χ1v) is 4.98. The van der Waals surface area contributed by atoms with E-state index in [9.17, 15) is 4.79 Å². The van der Waals surface area contributed by atoms with Gasteiger partial charge in [0, 0.05) is 11.8 Å². The number of hydrogen-bond donors (Lipinski definition) is 3. The minimum atomic E-state index is -0.352. The molecular formula is C11H16N2O3. The Kier molecular flexibility index (Phi) is 4.60. The van der Waals surface area contributed by atoms with E-state index in [-0.39, 0.29) is 18.7 Å². The molecule has 0 aliphatic heterocycles. The average Bonchev–Trinajstić information content (AvgIpc) is 2.28. The smallest absolute Gasteiger partial charge is 0.319 e. The number of urea groups is 1. The Labute approximate surface area is 94.4 Å². The van der Waals surface area contributed by atoms with Crippen LogP contribution in [0.1, 0.15) is 6.92 Å². The third kappa shape index (κ3) is 3.78. The van der Waals surface area contributed by atoms with Gasteiger partial charge in [-0.2, -0.15) is 0 Å². The summed E-state index contributed by atoms with van der Waals surface area (Å²) in [7, 11) is 1.56. The van der Waals surface area contributed by atoms with Crippen molar-refractivity contribution < 1.29 is 14.6 Å². The quantitative estimate of drug-likeness (QED) is 0.719. The fraction of sp³-hybridized carbons (Fsp3) is 0.364. The van der Waals surface area contributed by atoms with Crippen LogP contribution in [-0.2, 0) is 0 Å². The summed E-state index contributed by atoms with van der Waals surface area (Å²) in [5.74, 6) is 0.674. The van der Waals surface area contributed by atoms with E-state index in [0.29, 0.717) is 11.4 Å². The van der Waals surface area contributed by atoms with Gasteiger partial charge in [-0.25, -0.2) is 4.79 Å². The molecule has 5 heteroatoms. The van der Waals surface area contributed by atoms with Crippen molar-refractivity contribution >= 4 is 11.7 Å². The van der Waals surface area contributed by atoms with E-state index in [2.05, 4.69) is 10.6 Å². The second kappa shape index (κ2) is 5.97. The van der Waals surface area contributed by atoms with Crippen LogP contribution in [-0.4, -0.2) is 30.9 Å². The molecule has 0 bridgehead atoms. The SMILES string of the molecule is COc1cccc(NC(=O)N[C@@H](C)CO)c1. The van der Waals surface area contributed by atoms with Crippen LogP contribution in [0.3, 0.4) is 0 Å². The lowest BCUT2D eigenvalue weighted by atomic mass is 10.3. The molecule has 1 atom stereocenters. The fourth-order valence-electron chi connectivity index (χ4n) is 1.14. The van der Waals surface area contributed by atoms with E-state index in [0.717, 1.165) is 0 Å². The molecule has 0 aliphatic carbocycles. The Bertz CT molecular complexity index is 355. The minimum absolute atomic E-state index is 0.0917. The van der Waals surface area contributed by atoms with Crippen LogP contribution >= 0.6 is 0 Å². The van der Waals surface area contributed by atoms with E-state index < -0.39 is 0 Å². The number of amides is 2. The Hall–Kier alpha value is -1.75. The van der Waals surface area contributed by atoms with Gasteiger partial charge in [0.15, 0.2) is 0 Å². The molecule has 16 heavy (non-hydrogen) atoms. The molecule has 88 valence electrons. The highest BCUT2D eigenvalue weighted by molar-refractivity contribution is 5.89. The summed E-state index contributed by atoms with van der Waals surface area (Å²) in [5.41, 5.74) is 0.641. The van der Waals surface area contributed by atoms with Crippen molar-refractivity contribution in [1.82, 2.24) is 5.32 Å². The highest BCUT2D eigenvalue weighted by atomic mass is 16.5. The van der Waals surface area contributed by atoms with Crippen LogP contribution < -0.4 is 15.4 Å². The number of methoxy groups -OCH3 is 1. The number of carbonyl (C=O) groups excluding carboxylic acids is 1. The Morgan fingerprint density at radius 3 is 2.94 bits per heavy atom.